The lowest BCUT2D eigenvalue weighted by Gasteiger charge is -2.18. The Morgan fingerprint density at radius 1 is 1.27 bits per heavy atom. The highest BCUT2D eigenvalue weighted by atomic mass is 19.4. The van der Waals surface area contributed by atoms with E-state index in [0.29, 0.717) is 32.2 Å². The van der Waals surface area contributed by atoms with Crippen LogP contribution in [-0.2, 0) is 6.42 Å². The average Bonchev–Trinajstić information content (AvgIpc) is 3.13. The molecule has 0 aliphatic carbocycles. The zero-order valence-corrected chi connectivity index (χ0v) is 18.0. The van der Waals surface area contributed by atoms with Crippen molar-refractivity contribution in [3.8, 4) is 11.5 Å². The molecule has 2 N–H and O–H groups in total. The van der Waals surface area contributed by atoms with Crippen LogP contribution in [0.25, 0.3) is 0 Å². The summed E-state index contributed by atoms with van der Waals surface area (Å²) in [5, 5.41) is 6.49. The first-order chi connectivity index (χ1) is 14.3. The van der Waals surface area contributed by atoms with Crippen LogP contribution in [0.2, 0.25) is 0 Å². The molecule has 1 aliphatic rings. The summed E-state index contributed by atoms with van der Waals surface area (Å²) in [6.45, 7) is 4.00. The van der Waals surface area contributed by atoms with E-state index in [-0.39, 0.29) is 5.92 Å². The van der Waals surface area contributed by atoms with Crippen LogP contribution in [0.4, 0.5) is 13.2 Å². The number of hydrogen-bond donors (Lipinski definition) is 2. The minimum Gasteiger partial charge on any atom is -0.493 e. The third-order valence-corrected chi connectivity index (χ3v) is 5.02. The van der Waals surface area contributed by atoms with E-state index >= 15 is 0 Å². The van der Waals surface area contributed by atoms with Crippen molar-refractivity contribution in [2.45, 2.75) is 32.4 Å². The maximum Gasteiger partial charge on any atom is 0.401 e. The molecule has 0 aromatic heterocycles. The molecular weight excluding hydrogens is 397 g/mol. The van der Waals surface area contributed by atoms with Crippen molar-refractivity contribution in [1.82, 2.24) is 15.5 Å². The molecule has 1 heterocycles. The zero-order valence-electron chi connectivity index (χ0n) is 18.0. The van der Waals surface area contributed by atoms with Crippen LogP contribution in [-0.4, -0.2) is 70.5 Å². The zero-order chi connectivity index (χ0) is 22.0. The van der Waals surface area contributed by atoms with E-state index in [0.717, 1.165) is 37.3 Å². The molecule has 1 fully saturated rings. The maximum atomic E-state index is 12.5. The summed E-state index contributed by atoms with van der Waals surface area (Å²) in [4.78, 5) is 5.66. The van der Waals surface area contributed by atoms with Crippen molar-refractivity contribution in [2.75, 3.05) is 53.5 Å². The lowest BCUT2D eigenvalue weighted by molar-refractivity contribution is -0.143. The van der Waals surface area contributed by atoms with Gasteiger partial charge in [0.2, 0.25) is 0 Å². The molecule has 2 rings (SSSR count). The SMILES string of the molecule is CCOc1cc(CCCNC(=NC)NCC2CCN(CC(F)(F)F)C2)ccc1OC. The van der Waals surface area contributed by atoms with Gasteiger partial charge in [0.05, 0.1) is 20.3 Å². The molecule has 1 saturated heterocycles. The number of hydrogen-bond acceptors (Lipinski definition) is 4. The van der Waals surface area contributed by atoms with Crippen LogP contribution < -0.4 is 20.1 Å². The van der Waals surface area contributed by atoms with Gasteiger partial charge in [-0.15, -0.1) is 0 Å². The molecule has 1 aromatic rings. The van der Waals surface area contributed by atoms with Gasteiger partial charge in [0, 0.05) is 26.7 Å². The number of halogens is 3. The summed E-state index contributed by atoms with van der Waals surface area (Å²) < 4.78 is 48.4. The topological polar surface area (TPSA) is 58.1 Å². The number of nitrogens with one attached hydrogen (secondary N) is 2. The highest BCUT2D eigenvalue weighted by Gasteiger charge is 2.34. The van der Waals surface area contributed by atoms with Crippen LogP contribution in [0, 0.1) is 5.92 Å². The van der Waals surface area contributed by atoms with E-state index in [9.17, 15) is 13.2 Å². The van der Waals surface area contributed by atoms with Gasteiger partial charge in [-0.3, -0.25) is 9.89 Å². The van der Waals surface area contributed by atoms with Gasteiger partial charge in [-0.25, -0.2) is 0 Å². The summed E-state index contributed by atoms with van der Waals surface area (Å²) in [6, 6.07) is 5.95. The van der Waals surface area contributed by atoms with Gasteiger partial charge in [-0.2, -0.15) is 13.2 Å². The number of guanidine groups is 1. The fourth-order valence-corrected chi connectivity index (χ4v) is 3.58. The van der Waals surface area contributed by atoms with Gasteiger partial charge in [0.25, 0.3) is 0 Å². The Bertz CT molecular complexity index is 683. The van der Waals surface area contributed by atoms with Crippen molar-refractivity contribution >= 4 is 5.96 Å². The summed E-state index contributed by atoms with van der Waals surface area (Å²) in [6.07, 6.45) is -1.59. The third kappa shape index (κ3) is 8.30. The van der Waals surface area contributed by atoms with E-state index in [1.165, 1.54) is 10.5 Å². The molecule has 1 aromatic carbocycles. The second kappa shape index (κ2) is 11.9. The minimum absolute atomic E-state index is 0.196. The molecule has 0 saturated carbocycles. The molecule has 1 aliphatic heterocycles. The molecule has 30 heavy (non-hydrogen) atoms. The van der Waals surface area contributed by atoms with Gasteiger partial charge in [0.15, 0.2) is 17.5 Å². The molecule has 0 spiro atoms. The van der Waals surface area contributed by atoms with E-state index < -0.39 is 12.7 Å². The fraction of sp³-hybridized carbons (Fsp3) is 0.667. The normalized spacial score (nSPS) is 17.8. The standard InChI is InChI=1S/C21H33F3N4O2/c1-4-30-19-12-16(7-8-18(19)29-3)6-5-10-26-20(25-2)27-13-17-9-11-28(14-17)15-21(22,23)24/h7-8,12,17H,4-6,9-11,13-15H2,1-3H3,(H2,25,26,27). The number of aryl methyl sites for hydroxylation is 1. The molecule has 9 heteroatoms. The summed E-state index contributed by atoms with van der Waals surface area (Å²) in [7, 11) is 3.32. The van der Waals surface area contributed by atoms with Crippen LogP contribution >= 0.6 is 0 Å². The van der Waals surface area contributed by atoms with Gasteiger partial charge in [-0.05, 0) is 56.3 Å². The highest BCUT2D eigenvalue weighted by Crippen LogP contribution is 2.28. The van der Waals surface area contributed by atoms with Gasteiger partial charge in [-0.1, -0.05) is 6.07 Å². The lowest BCUT2D eigenvalue weighted by Crippen LogP contribution is -2.41. The number of likely N-dealkylation sites (tertiary alicyclic amines) is 1. The van der Waals surface area contributed by atoms with Gasteiger partial charge < -0.3 is 20.1 Å². The van der Waals surface area contributed by atoms with E-state index in [2.05, 4.69) is 15.6 Å². The molecule has 6 nitrogen and oxygen atoms in total. The Morgan fingerprint density at radius 3 is 2.73 bits per heavy atom. The first kappa shape index (κ1) is 24.1. The lowest BCUT2D eigenvalue weighted by atomic mass is 10.1. The quantitative estimate of drug-likeness (QED) is 0.339. The van der Waals surface area contributed by atoms with E-state index in [1.54, 1.807) is 14.2 Å². The number of methoxy groups -OCH3 is 1. The molecule has 0 bridgehead atoms. The second-order valence-corrected chi connectivity index (χ2v) is 7.41. The molecular formula is C21H33F3N4O2. The average molecular weight is 431 g/mol. The number of rotatable bonds is 10. The Balaban J connectivity index is 1.68. The molecule has 170 valence electrons. The Kier molecular flexibility index (Phi) is 9.55. The highest BCUT2D eigenvalue weighted by molar-refractivity contribution is 5.79. The number of nitrogens with zero attached hydrogens (tertiary/aromatic N) is 2. The fourth-order valence-electron chi connectivity index (χ4n) is 3.58. The number of benzene rings is 1. The first-order valence-electron chi connectivity index (χ1n) is 10.4. The van der Waals surface area contributed by atoms with Gasteiger partial charge >= 0.3 is 6.18 Å². The second-order valence-electron chi connectivity index (χ2n) is 7.41. The minimum atomic E-state index is -4.13. The predicted octanol–water partition coefficient (Wildman–Crippen LogP) is 3.08. The molecule has 1 unspecified atom stereocenters. The molecule has 0 radical (unpaired) electrons. The van der Waals surface area contributed by atoms with Crippen molar-refractivity contribution in [3.05, 3.63) is 23.8 Å². The van der Waals surface area contributed by atoms with Crippen molar-refractivity contribution in [2.24, 2.45) is 10.9 Å². The monoisotopic (exact) mass is 430 g/mol. The molecule has 0 amide bonds. The summed E-state index contributed by atoms with van der Waals surface area (Å²) in [5.74, 6) is 2.35. The number of ether oxygens (including phenoxy) is 2. The number of alkyl halides is 3. The van der Waals surface area contributed by atoms with Gasteiger partial charge in [0.1, 0.15) is 0 Å². The summed E-state index contributed by atoms with van der Waals surface area (Å²) in [5.41, 5.74) is 1.17. The summed E-state index contributed by atoms with van der Waals surface area (Å²) >= 11 is 0. The predicted molar refractivity (Wildman–Crippen MR) is 112 cm³/mol. The van der Waals surface area contributed by atoms with Crippen LogP contribution in [0.3, 0.4) is 0 Å². The van der Waals surface area contributed by atoms with Crippen LogP contribution in [0.5, 0.6) is 11.5 Å². The maximum absolute atomic E-state index is 12.5. The first-order valence-corrected chi connectivity index (χ1v) is 10.4. The Morgan fingerprint density at radius 2 is 2.07 bits per heavy atom. The largest absolute Gasteiger partial charge is 0.493 e. The van der Waals surface area contributed by atoms with Crippen LogP contribution in [0.15, 0.2) is 23.2 Å². The van der Waals surface area contributed by atoms with Crippen LogP contribution in [0.1, 0.15) is 25.3 Å². The Labute approximate surface area is 176 Å². The van der Waals surface area contributed by atoms with Crippen molar-refractivity contribution < 1.29 is 22.6 Å². The smallest absolute Gasteiger partial charge is 0.401 e. The van der Waals surface area contributed by atoms with E-state index in [4.69, 9.17) is 9.47 Å². The third-order valence-electron chi connectivity index (χ3n) is 5.02. The number of aliphatic imine (C=N–C) groups is 1. The molecule has 1 atom stereocenters. The van der Waals surface area contributed by atoms with Crippen molar-refractivity contribution in [1.29, 1.82) is 0 Å². The van der Waals surface area contributed by atoms with Crippen molar-refractivity contribution in [3.63, 3.8) is 0 Å². The Hall–Kier alpha value is -2.16. The van der Waals surface area contributed by atoms with E-state index in [1.807, 2.05) is 25.1 Å².